The predicted octanol–water partition coefficient (Wildman–Crippen LogP) is 4.51. The Morgan fingerprint density at radius 3 is 2.43 bits per heavy atom. The summed E-state index contributed by atoms with van der Waals surface area (Å²) >= 11 is 0. The van der Waals surface area contributed by atoms with E-state index in [2.05, 4.69) is 20.9 Å². The number of amides is 2. The molecule has 174 valence electrons. The zero-order chi connectivity index (χ0) is 24.5. The maximum absolute atomic E-state index is 13.3. The summed E-state index contributed by atoms with van der Waals surface area (Å²) in [4.78, 5) is 30.6. The first-order chi connectivity index (χ1) is 16.9. The van der Waals surface area contributed by atoms with Gasteiger partial charge in [-0.05, 0) is 62.4 Å². The normalized spacial score (nSPS) is 10.9. The number of hydrogen-bond donors (Lipinski definition) is 2. The highest BCUT2D eigenvalue weighted by atomic mass is 19.1. The molecular formula is C26H20FN5O3. The summed E-state index contributed by atoms with van der Waals surface area (Å²) in [5.74, 6) is -0.875. The molecule has 0 atom stereocenters. The van der Waals surface area contributed by atoms with E-state index in [0.717, 1.165) is 0 Å². The summed E-state index contributed by atoms with van der Waals surface area (Å²) in [6.07, 6.45) is 1.53. The number of fused-ring (bicyclic) bond motifs is 1. The van der Waals surface area contributed by atoms with Gasteiger partial charge in [-0.2, -0.15) is 5.10 Å². The van der Waals surface area contributed by atoms with Gasteiger partial charge in [0.25, 0.3) is 11.8 Å². The van der Waals surface area contributed by atoms with E-state index < -0.39 is 11.8 Å². The molecule has 5 rings (SSSR count). The highest BCUT2D eigenvalue weighted by Crippen LogP contribution is 2.25. The van der Waals surface area contributed by atoms with Gasteiger partial charge in [0.2, 0.25) is 0 Å². The number of aromatic nitrogens is 3. The second-order valence-electron chi connectivity index (χ2n) is 7.89. The minimum absolute atomic E-state index is 0.311. The first-order valence-electron chi connectivity index (χ1n) is 10.8. The summed E-state index contributed by atoms with van der Waals surface area (Å²) in [7, 11) is 0. The zero-order valence-corrected chi connectivity index (χ0v) is 18.9. The molecule has 0 saturated carbocycles. The first kappa shape index (κ1) is 22.0. The number of nitrogens with one attached hydrogen (secondary N) is 2. The maximum atomic E-state index is 13.3. The van der Waals surface area contributed by atoms with Crippen LogP contribution in [0.3, 0.4) is 0 Å². The van der Waals surface area contributed by atoms with Crippen molar-refractivity contribution in [3.63, 3.8) is 0 Å². The van der Waals surface area contributed by atoms with E-state index in [-0.39, 0.29) is 5.82 Å². The number of halogens is 1. The summed E-state index contributed by atoms with van der Waals surface area (Å²) in [5.41, 5.74) is 8.35. The third-order valence-electron chi connectivity index (χ3n) is 5.61. The van der Waals surface area contributed by atoms with E-state index in [1.54, 1.807) is 61.0 Å². The SMILES string of the molecule is Cc1nn(-c2ccc(F)cc2)c(C)c1C(=O)NNC(=O)c1cc(-c2ccco2)nc2ccccc12. The third kappa shape index (κ3) is 4.15. The van der Waals surface area contributed by atoms with Crippen LogP contribution in [0, 0.1) is 19.7 Å². The lowest BCUT2D eigenvalue weighted by atomic mass is 10.1. The number of nitrogens with zero attached hydrogens (tertiary/aromatic N) is 3. The Bertz CT molecular complexity index is 1560. The highest BCUT2D eigenvalue weighted by molar-refractivity contribution is 6.08. The third-order valence-corrected chi connectivity index (χ3v) is 5.61. The van der Waals surface area contributed by atoms with Crippen molar-refractivity contribution in [2.75, 3.05) is 0 Å². The van der Waals surface area contributed by atoms with Gasteiger partial charge in [0.15, 0.2) is 5.76 Å². The van der Waals surface area contributed by atoms with E-state index in [9.17, 15) is 14.0 Å². The number of aryl methyl sites for hydroxylation is 1. The molecule has 9 heteroatoms. The monoisotopic (exact) mass is 469 g/mol. The van der Waals surface area contributed by atoms with E-state index in [0.29, 0.717) is 50.6 Å². The van der Waals surface area contributed by atoms with Crippen molar-refractivity contribution in [2.45, 2.75) is 13.8 Å². The van der Waals surface area contributed by atoms with Crippen molar-refractivity contribution in [3.05, 3.63) is 101 Å². The molecule has 3 aromatic heterocycles. The zero-order valence-electron chi connectivity index (χ0n) is 18.9. The lowest BCUT2D eigenvalue weighted by Crippen LogP contribution is -2.42. The molecule has 3 heterocycles. The van der Waals surface area contributed by atoms with Crippen LogP contribution in [0.15, 0.2) is 77.4 Å². The van der Waals surface area contributed by atoms with Crippen molar-refractivity contribution < 1.29 is 18.4 Å². The molecule has 2 amide bonds. The Morgan fingerprint density at radius 2 is 1.69 bits per heavy atom. The van der Waals surface area contributed by atoms with Crippen molar-refractivity contribution in [3.8, 4) is 17.1 Å². The topological polar surface area (TPSA) is 102 Å². The molecule has 0 unspecified atom stereocenters. The average Bonchev–Trinajstić information content (AvgIpc) is 3.50. The minimum atomic E-state index is -0.522. The number of carbonyl (C=O) groups is 2. The number of rotatable bonds is 4. The van der Waals surface area contributed by atoms with Crippen molar-refractivity contribution >= 4 is 22.7 Å². The van der Waals surface area contributed by atoms with Crippen LogP contribution in [0.1, 0.15) is 32.1 Å². The van der Waals surface area contributed by atoms with Crippen LogP contribution < -0.4 is 10.9 Å². The fraction of sp³-hybridized carbons (Fsp3) is 0.0769. The molecule has 0 radical (unpaired) electrons. The van der Waals surface area contributed by atoms with Gasteiger partial charge in [-0.25, -0.2) is 14.1 Å². The van der Waals surface area contributed by atoms with Crippen LogP contribution in [0.25, 0.3) is 28.0 Å². The fourth-order valence-electron chi connectivity index (χ4n) is 3.96. The molecule has 0 bridgehead atoms. The maximum Gasteiger partial charge on any atom is 0.273 e. The Balaban J connectivity index is 1.40. The largest absolute Gasteiger partial charge is 0.463 e. The van der Waals surface area contributed by atoms with E-state index in [4.69, 9.17) is 4.42 Å². The molecule has 5 aromatic rings. The number of pyridine rings is 1. The Kier molecular flexibility index (Phi) is 5.58. The smallest absolute Gasteiger partial charge is 0.273 e. The van der Waals surface area contributed by atoms with Gasteiger partial charge in [-0.1, -0.05) is 18.2 Å². The van der Waals surface area contributed by atoms with Gasteiger partial charge in [0.05, 0.1) is 40.0 Å². The second-order valence-corrected chi connectivity index (χ2v) is 7.89. The lowest BCUT2D eigenvalue weighted by molar-refractivity contribution is 0.0846. The van der Waals surface area contributed by atoms with Crippen molar-refractivity contribution in [1.29, 1.82) is 0 Å². The molecule has 0 aliphatic heterocycles. The standard InChI is InChI=1S/C26H20FN5O3/c1-15-24(16(2)32(31-15)18-11-9-17(27)10-12-18)26(34)30-29-25(33)20-14-22(23-8-5-13-35-23)28-21-7-4-3-6-19(20)21/h3-14H,1-2H3,(H,29,33)(H,30,34). The van der Waals surface area contributed by atoms with Crippen LogP contribution in [0.5, 0.6) is 0 Å². The Morgan fingerprint density at radius 1 is 0.943 bits per heavy atom. The highest BCUT2D eigenvalue weighted by Gasteiger charge is 2.21. The number of para-hydroxylation sites is 1. The molecular weight excluding hydrogens is 449 g/mol. The van der Waals surface area contributed by atoms with Crippen LogP contribution >= 0.6 is 0 Å². The van der Waals surface area contributed by atoms with Crippen LogP contribution in [0.4, 0.5) is 4.39 Å². The van der Waals surface area contributed by atoms with Crippen LogP contribution in [0.2, 0.25) is 0 Å². The molecule has 0 saturated heterocycles. The van der Waals surface area contributed by atoms with Crippen molar-refractivity contribution in [1.82, 2.24) is 25.6 Å². The summed E-state index contributed by atoms with van der Waals surface area (Å²) < 4.78 is 20.3. The number of furan rings is 1. The van der Waals surface area contributed by atoms with Gasteiger partial charge < -0.3 is 4.42 Å². The van der Waals surface area contributed by atoms with Gasteiger partial charge in [0.1, 0.15) is 11.5 Å². The van der Waals surface area contributed by atoms with Crippen molar-refractivity contribution in [2.24, 2.45) is 0 Å². The minimum Gasteiger partial charge on any atom is -0.463 e. The summed E-state index contributed by atoms with van der Waals surface area (Å²) in [6.45, 7) is 3.42. The average molecular weight is 469 g/mol. The fourth-order valence-corrected chi connectivity index (χ4v) is 3.96. The van der Waals surface area contributed by atoms with Gasteiger partial charge in [-0.3, -0.25) is 20.4 Å². The molecule has 0 aliphatic rings. The number of carbonyl (C=O) groups excluding carboxylic acids is 2. The molecule has 35 heavy (non-hydrogen) atoms. The summed E-state index contributed by atoms with van der Waals surface area (Å²) in [5, 5.41) is 5.03. The lowest BCUT2D eigenvalue weighted by Gasteiger charge is -2.11. The molecule has 2 aromatic carbocycles. The van der Waals surface area contributed by atoms with Gasteiger partial charge >= 0.3 is 0 Å². The number of hydrogen-bond acceptors (Lipinski definition) is 5. The molecule has 2 N–H and O–H groups in total. The van der Waals surface area contributed by atoms with E-state index in [1.165, 1.54) is 18.4 Å². The molecule has 0 spiro atoms. The number of benzene rings is 2. The van der Waals surface area contributed by atoms with Gasteiger partial charge in [0, 0.05) is 5.39 Å². The Labute approximate surface area is 199 Å². The van der Waals surface area contributed by atoms with Gasteiger partial charge in [-0.15, -0.1) is 0 Å². The number of hydrazine groups is 1. The van der Waals surface area contributed by atoms with E-state index in [1.807, 2.05) is 12.1 Å². The quantitative estimate of drug-likeness (QED) is 0.377. The second kappa shape index (κ2) is 8.86. The van der Waals surface area contributed by atoms with E-state index >= 15 is 0 Å². The Hall–Kier alpha value is -4.79. The predicted molar refractivity (Wildman–Crippen MR) is 127 cm³/mol. The summed E-state index contributed by atoms with van der Waals surface area (Å²) in [6, 6.07) is 18.1. The van der Waals surface area contributed by atoms with Crippen LogP contribution in [-0.4, -0.2) is 26.6 Å². The first-order valence-corrected chi connectivity index (χ1v) is 10.8. The van der Waals surface area contributed by atoms with Crippen LogP contribution in [-0.2, 0) is 0 Å². The molecule has 8 nitrogen and oxygen atoms in total. The molecule has 0 aliphatic carbocycles. The molecule has 0 fully saturated rings.